The summed E-state index contributed by atoms with van der Waals surface area (Å²) in [5.41, 5.74) is 1.21. The van der Waals surface area contributed by atoms with Crippen LogP contribution >= 0.6 is 35.3 Å². The van der Waals surface area contributed by atoms with Gasteiger partial charge in [-0.2, -0.15) is 11.3 Å². The summed E-state index contributed by atoms with van der Waals surface area (Å²) in [4.78, 5) is 4.07. The van der Waals surface area contributed by atoms with E-state index in [1.54, 1.807) is 18.4 Å². The quantitative estimate of drug-likeness (QED) is 0.318. The maximum absolute atomic E-state index is 11.0. The molecule has 8 heteroatoms. The molecular weight excluding hydrogens is 397 g/mol. The van der Waals surface area contributed by atoms with Crippen LogP contribution in [0.2, 0.25) is 0 Å². The molecule has 19 heavy (non-hydrogen) atoms. The highest BCUT2D eigenvalue weighted by Crippen LogP contribution is 2.04. The Balaban J connectivity index is 0.00000324. The summed E-state index contributed by atoms with van der Waals surface area (Å²) in [7, 11) is -1.18. The molecule has 0 saturated heterocycles. The Labute approximate surface area is 135 Å². The fraction of sp³-hybridized carbons (Fsp3) is 0.545. The lowest BCUT2D eigenvalue weighted by Gasteiger charge is -2.10. The maximum Gasteiger partial charge on any atom is 0.191 e. The Bertz CT molecular complexity index is 472. The van der Waals surface area contributed by atoms with Crippen LogP contribution < -0.4 is 10.6 Å². The molecule has 0 radical (unpaired) electrons. The van der Waals surface area contributed by atoms with Crippen molar-refractivity contribution in [3.63, 3.8) is 0 Å². The van der Waals surface area contributed by atoms with Gasteiger partial charge in [0.2, 0.25) is 0 Å². The van der Waals surface area contributed by atoms with Crippen molar-refractivity contribution in [2.24, 2.45) is 4.99 Å². The Morgan fingerprint density at radius 2 is 2.16 bits per heavy atom. The van der Waals surface area contributed by atoms with Gasteiger partial charge in [0.05, 0.1) is 5.75 Å². The van der Waals surface area contributed by atoms with Gasteiger partial charge in [-0.25, -0.2) is 8.42 Å². The summed E-state index contributed by atoms with van der Waals surface area (Å²) in [5.74, 6) is 0.885. The van der Waals surface area contributed by atoms with Crippen molar-refractivity contribution in [3.05, 3.63) is 22.4 Å². The van der Waals surface area contributed by atoms with Crippen molar-refractivity contribution in [2.75, 3.05) is 25.6 Å². The number of halogens is 1. The fourth-order valence-electron chi connectivity index (χ4n) is 1.34. The zero-order valence-electron chi connectivity index (χ0n) is 11.0. The zero-order valence-corrected chi connectivity index (χ0v) is 15.0. The van der Waals surface area contributed by atoms with E-state index in [0.717, 1.165) is 6.54 Å². The van der Waals surface area contributed by atoms with Crippen molar-refractivity contribution in [1.82, 2.24) is 10.6 Å². The van der Waals surface area contributed by atoms with Crippen LogP contribution in [0.5, 0.6) is 0 Å². The number of thiophene rings is 1. The van der Waals surface area contributed by atoms with Crippen molar-refractivity contribution in [1.29, 1.82) is 0 Å². The molecule has 2 N–H and O–H groups in total. The van der Waals surface area contributed by atoms with Gasteiger partial charge in [0, 0.05) is 26.4 Å². The number of aliphatic imine (C=N–C) groups is 1. The molecule has 0 atom stereocenters. The van der Waals surface area contributed by atoms with Crippen molar-refractivity contribution < 1.29 is 8.42 Å². The molecule has 0 aliphatic heterocycles. The third-order valence-corrected chi connectivity index (χ3v) is 4.01. The largest absolute Gasteiger partial charge is 0.356 e. The average molecular weight is 417 g/mol. The smallest absolute Gasteiger partial charge is 0.191 e. The molecule has 0 aromatic carbocycles. The minimum absolute atomic E-state index is 0. The van der Waals surface area contributed by atoms with Gasteiger partial charge in [0.15, 0.2) is 5.96 Å². The van der Waals surface area contributed by atoms with Gasteiger partial charge >= 0.3 is 0 Å². The maximum atomic E-state index is 11.0. The predicted octanol–water partition coefficient (Wildman–Crippen LogP) is 1.47. The monoisotopic (exact) mass is 417 g/mol. The SMILES string of the molecule is CN=C(NCCCS(C)(=O)=O)NCc1ccsc1.I. The van der Waals surface area contributed by atoms with Crippen molar-refractivity contribution in [3.8, 4) is 0 Å². The van der Waals surface area contributed by atoms with E-state index < -0.39 is 9.84 Å². The molecule has 0 spiro atoms. The summed E-state index contributed by atoms with van der Waals surface area (Å²) in [6, 6.07) is 2.05. The van der Waals surface area contributed by atoms with Gasteiger partial charge in [-0.3, -0.25) is 4.99 Å². The van der Waals surface area contributed by atoms with E-state index in [2.05, 4.69) is 27.1 Å². The van der Waals surface area contributed by atoms with E-state index in [1.807, 2.05) is 5.38 Å². The third-order valence-electron chi connectivity index (χ3n) is 2.25. The molecule has 0 bridgehead atoms. The van der Waals surface area contributed by atoms with Gasteiger partial charge in [-0.05, 0) is 28.8 Å². The number of sulfone groups is 1. The standard InChI is InChI=1S/C11H19N3O2S2.HI/c1-12-11(13-5-3-7-18(2,15)16)14-8-10-4-6-17-9-10;/h4,6,9H,3,5,7-8H2,1-2H3,(H2,12,13,14);1H. The van der Waals surface area contributed by atoms with Gasteiger partial charge < -0.3 is 10.6 Å². The summed E-state index contributed by atoms with van der Waals surface area (Å²) in [6.07, 6.45) is 1.83. The topological polar surface area (TPSA) is 70.6 Å². The lowest BCUT2D eigenvalue weighted by atomic mass is 10.3. The summed E-state index contributed by atoms with van der Waals surface area (Å²) in [6.45, 7) is 1.31. The van der Waals surface area contributed by atoms with E-state index in [9.17, 15) is 8.42 Å². The Morgan fingerprint density at radius 1 is 1.42 bits per heavy atom. The molecule has 110 valence electrons. The highest BCUT2D eigenvalue weighted by Gasteiger charge is 2.02. The number of guanidine groups is 1. The minimum Gasteiger partial charge on any atom is -0.356 e. The fourth-order valence-corrected chi connectivity index (χ4v) is 2.68. The second-order valence-corrected chi connectivity index (χ2v) is 7.01. The molecule has 1 rings (SSSR count). The van der Waals surface area contributed by atoms with Gasteiger partial charge in [-0.15, -0.1) is 24.0 Å². The highest BCUT2D eigenvalue weighted by molar-refractivity contribution is 14.0. The Hall–Kier alpha value is -0.350. The lowest BCUT2D eigenvalue weighted by Crippen LogP contribution is -2.37. The Kier molecular flexibility index (Phi) is 9.36. The van der Waals surface area contributed by atoms with E-state index >= 15 is 0 Å². The molecule has 1 heterocycles. The molecule has 1 aromatic rings. The molecule has 0 unspecified atom stereocenters. The van der Waals surface area contributed by atoms with E-state index in [4.69, 9.17) is 0 Å². The zero-order chi connectivity index (χ0) is 13.4. The Morgan fingerprint density at radius 3 is 2.68 bits per heavy atom. The summed E-state index contributed by atoms with van der Waals surface area (Å²) in [5, 5.41) is 10.3. The van der Waals surface area contributed by atoms with Gasteiger partial charge in [-0.1, -0.05) is 0 Å². The minimum atomic E-state index is -2.88. The lowest BCUT2D eigenvalue weighted by molar-refractivity contribution is 0.598. The van der Waals surface area contributed by atoms with Crippen LogP contribution in [0.4, 0.5) is 0 Å². The number of nitrogens with zero attached hydrogens (tertiary/aromatic N) is 1. The van der Waals surface area contributed by atoms with Crippen LogP contribution in [-0.4, -0.2) is 40.0 Å². The normalized spacial score (nSPS) is 11.8. The molecule has 1 aromatic heterocycles. The number of hydrogen-bond donors (Lipinski definition) is 2. The van der Waals surface area contributed by atoms with Crippen molar-refractivity contribution >= 4 is 51.1 Å². The van der Waals surface area contributed by atoms with Crippen LogP contribution in [0.15, 0.2) is 21.8 Å². The second-order valence-electron chi connectivity index (χ2n) is 3.97. The van der Waals surface area contributed by atoms with Crippen LogP contribution in [0.25, 0.3) is 0 Å². The van der Waals surface area contributed by atoms with Crippen LogP contribution in [-0.2, 0) is 16.4 Å². The first-order chi connectivity index (χ1) is 8.51. The molecule has 5 nitrogen and oxygen atoms in total. The number of nitrogens with one attached hydrogen (secondary N) is 2. The number of rotatable bonds is 6. The van der Waals surface area contributed by atoms with Crippen molar-refractivity contribution in [2.45, 2.75) is 13.0 Å². The number of hydrogen-bond acceptors (Lipinski definition) is 4. The molecule has 0 amide bonds. The summed E-state index contributed by atoms with van der Waals surface area (Å²) < 4.78 is 21.9. The summed E-state index contributed by atoms with van der Waals surface area (Å²) >= 11 is 1.66. The van der Waals surface area contributed by atoms with E-state index in [1.165, 1.54) is 11.8 Å². The average Bonchev–Trinajstić information content (AvgIpc) is 2.79. The first kappa shape index (κ1) is 18.7. The third kappa shape index (κ3) is 9.22. The van der Waals surface area contributed by atoms with E-state index in [0.29, 0.717) is 18.9 Å². The first-order valence-electron chi connectivity index (χ1n) is 5.64. The molecule has 0 saturated carbocycles. The van der Waals surface area contributed by atoms with Gasteiger partial charge in [0.25, 0.3) is 0 Å². The molecule has 0 aliphatic rings. The molecule has 0 aliphatic carbocycles. The van der Waals surface area contributed by atoms with Crippen LogP contribution in [0, 0.1) is 0 Å². The molecule has 0 fully saturated rings. The van der Waals surface area contributed by atoms with E-state index in [-0.39, 0.29) is 29.7 Å². The molecular formula is C11H20IN3O2S2. The first-order valence-corrected chi connectivity index (χ1v) is 8.65. The van der Waals surface area contributed by atoms with Gasteiger partial charge in [0.1, 0.15) is 9.84 Å². The second kappa shape index (κ2) is 9.54. The van der Waals surface area contributed by atoms with Crippen LogP contribution in [0.1, 0.15) is 12.0 Å². The highest BCUT2D eigenvalue weighted by atomic mass is 127. The van der Waals surface area contributed by atoms with Crippen LogP contribution in [0.3, 0.4) is 0 Å². The predicted molar refractivity (Wildman–Crippen MR) is 92.3 cm³/mol.